The molecule has 4 nitrogen and oxygen atoms in total. The van der Waals surface area contributed by atoms with Crippen molar-refractivity contribution in [3.63, 3.8) is 0 Å². The number of nitrogens with zero attached hydrogens (tertiary/aromatic N) is 1. The van der Waals surface area contributed by atoms with Crippen LogP contribution in [-0.2, 0) is 11.3 Å². The molecule has 3 N–H and O–H groups in total. The van der Waals surface area contributed by atoms with Crippen molar-refractivity contribution in [2.75, 3.05) is 12.8 Å². The molecule has 0 radical (unpaired) electrons. The molecular weight excluding hydrogens is 305 g/mol. The summed E-state index contributed by atoms with van der Waals surface area (Å²) in [5, 5.41) is 7.21. The summed E-state index contributed by atoms with van der Waals surface area (Å²) in [5.74, 6) is 0.521. The first-order chi connectivity index (χ1) is 8.13. The first kappa shape index (κ1) is 12.4. The normalized spacial score (nSPS) is 10.8. The van der Waals surface area contributed by atoms with E-state index in [9.17, 15) is 0 Å². The van der Waals surface area contributed by atoms with Crippen molar-refractivity contribution in [2.45, 2.75) is 6.61 Å². The molecule has 0 spiro atoms. The van der Waals surface area contributed by atoms with E-state index < -0.39 is 0 Å². The third-order valence-corrected chi connectivity index (χ3v) is 3.45. The molecule has 2 aromatic rings. The van der Waals surface area contributed by atoms with Crippen molar-refractivity contribution >= 4 is 33.3 Å². The molecule has 1 aromatic carbocycles. The number of halogens is 2. The van der Waals surface area contributed by atoms with Crippen LogP contribution in [0, 0.1) is 0 Å². The monoisotopic (exact) mass is 315 g/mol. The van der Waals surface area contributed by atoms with Crippen LogP contribution in [0.25, 0.3) is 11.1 Å². The predicted octanol–water partition coefficient (Wildman–Crippen LogP) is 3.22. The van der Waals surface area contributed by atoms with E-state index in [1.54, 1.807) is 13.3 Å². The minimum atomic E-state index is 0.459. The van der Waals surface area contributed by atoms with E-state index in [4.69, 9.17) is 22.1 Å². The topological polar surface area (TPSA) is 63.9 Å². The van der Waals surface area contributed by atoms with Gasteiger partial charge in [0, 0.05) is 27.7 Å². The second-order valence-corrected chi connectivity index (χ2v) is 4.81. The number of benzene rings is 1. The highest BCUT2D eigenvalue weighted by atomic mass is 79.9. The highest BCUT2D eigenvalue weighted by molar-refractivity contribution is 9.10. The van der Waals surface area contributed by atoms with E-state index in [0.717, 1.165) is 21.2 Å². The maximum Gasteiger partial charge on any atom is 0.126 e. The number of H-pyrrole nitrogens is 1. The van der Waals surface area contributed by atoms with Crippen LogP contribution in [0.2, 0.25) is 5.02 Å². The van der Waals surface area contributed by atoms with Gasteiger partial charge in [0.2, 0.25) is 0 Å². The van der Waals surface area contributed by atoms with E-state index in [-0.39, 0.29) is 0 Å². The van der Waals surface area contributed by atoms with Gasteiger partial charge in [-0.3, -0.25) is 5.10 Å². The molecule has 0 aliphatic heterocycles. The average Bonchev–Trinajstić information content (AvgIpc) is 2.69. The summed E-state index contributed by atoms with van der Waals surface area (Å²) in [6.45, 7) is 0.459. The van der Waals surface area contributed by atoms with Gasteiger partial charge in [0.1, 0.15) is 5.82 Å². The zero-order chi connectivity index (χ0) is 12.4. The molecule has 0 atom stereocenters. The van der Waals surface area contributed by atoms with E-state index in [1.807, 2.05) is 12.1 Å². The van der Waals surface area contributed by atoms with Crippen LogP contribution in [-0.4, -0.2) is 17.3 Å². The van der Waals surface area contributed by atoms with Crippen molar-refractivity contribution in [1.29, 1.82) is 0 Å². The quantitative estimate of drug-likeness (QED) is 0.914. The SMILES string of the molecule is COCc1c(Cl)cc(-c2cn[nH]c2N)cc1Br. The highest BCUT2D eigenvalue weighted by Crippen LogP contribution is 2.33. The van der Waals surface area contributed by atoms with Gasteiger partial charge in [0.05, 0.1) is 12.8 Å². The number of nitrogens with two attached hydrogens (primary N) is 1. The van der Waals surface area contributed by atoms with Crippen molar-refractivity contribution < 1.29 is 4.74 Å². The Morgan fingerprint density at radius 3 is 2.82 bits per heavy atom. The molecule has 17 heavy (non-hydrogen) atoms. The van der Waals surface area contributed by atoms with Crippen LogP contribution in [0.3, 0.4) is 0 Å². The molecule has 0 aliphatic rings. The third kappa shape index (κ3) is 2.46. The Bertz CT molecular complexity index is 518. The lowest BCUT2D eigenvalue weighted by molar-refractivity contribution is 0.184. The fourth-order valence-corrected chi connectivity index (χ4v) is 2.53. The number of aromatic amines is 1. The fraction of sp³-hybridized carbons (Fsp3) is 0.182. The number of nitrogen functional groups attached to an aromatic ring is 1. The number of aromatic nitrogens is 2. The molecule has 0 unspecified atom stereocenters. The Balaban J connectivity index is 2.49. The first-order valence-corrected chi connectivity index (χ1v) is 6.06. The summed E-state index contributed by atoms with van der Waals surface area (Å²) in [4.78, 5) is 0. The maximum atomic E-state index is 6.20. The largest absolute Gasteiger partial charge is 0.384 e. The Morgan fingerprint density at radius 2 is 2.29 bits per heavy atom. The van der Waals surface area contributed by atoms with Crippen LogP contribution >= 0.6 is 27.5 Å². The molecule has 1 aromatic heterocycles. The highest BCUT2D eigenvalue weighted by Gasteiger charge is 2.11. The summed E-state index contributed by atoms with van der Waals surface area (Å²) in [6.07, 6.45) is 1.67. The van der Waals surface area contributed by atoms with Crippen molar-refractivity contribution in [3.05, 3.63) is 33.4 Å². The molecule has 0 bridgehead atoms. The Morgan fingerprint density at radius 1 is 1.53 bits per heavy atom. The van der Waals surface area contributed by atoms with Crippen LogP contribution in [0.4, 0.5) is 5.82 Å². The molecular formula is C11H11BrClN3O. The van der Waals surface area contributed by atoms with Crippen LogP contribution in [0.5, 0.6) is 0 Å². The molecule has 0 aliphatic carbocycles. The second-order valence-electron chi connectivity index (χ2n) is 3.55. The first-order valence-electron chi connectivity index (χ1n) is 4.89. The van der Waals surface area contributed by atoms with Gasteiger partial charge in [-0.2, -0.15) is 5.10 Å². The summed E-state index contributed by atoms with van der Waals surface area (Å²) >= 11 is 9.67. The number of hydrogen-bond acceptors (Lipinski definition) is 3. The van der Waals surface area contributed by atoms with Crippen molar-refractivity contribution in [1.82, 2.24) is 10.2 Å². The van der Waals surface area contributed by atoms with Gasteiger partial charge in [-0.05, 0) is 17.7 Å². The predicted molar refractivity (Wildman–Crippen MR) is 71.9 cm³/mol. The molecule has 90 valence electrons. The maximum absolute atomic E-state index is 6.20. The van der Waals surface area contributed by atoms with E-state index in [2.05, 4.69) is 26.1 Å². The lowest BCUT2D eigenvalue weighted by Crippen LogP contribution is -1.93. The molecule has 0 saturated carbocycles. The summed E-state index contributed by atoms with van der Waals surface area (Å²) < 4.78 is 5.98. The smallest absolute Gasteiger partial charge is 0.126 e. The van der Waals surface area contributed by atoms with Crippen molar-refractivity contribution in [2.24, 2.45) is 0 Å². The van der Waals surface area contributed by atoms with Crippen LogP contribution in [0.15, 0.2) is 22.8 Å². The van der Waals surface area contributed by atoms with E-state index in [0.29, 0.717) is 17.4 Å². The Hall–Kier alpha value is -1.04. The van der Waals surface area contributed by atoms with Gasteiger partial charge in [-0.15, -0.1) is 0 Å². The van der Waals surface area contributed by atoms with E-state index in [1.165, 1.54) is 0 Å². The summed E-state index contributed by atoms with van der Waals surface area (Å²) in [5.41, 5.74) is 8.43. The average molecular weight is 317 g/mol. The minimum absolute atomic E-state index is 0.459. The Labute approximate surface area is 112 Å². The van der Waals surface area contributed by atoms with Gasteiger partial charge < -0.3 is 10.5 Å². The molecule has 6 heteroatoms. The summed E-state index contributed by atoms with van der Waals surface area (Å²) in [7, 11) is 1.63. The second kappa shape index (κ2) is 5.08. The van der Waals surface area contributed by atoms with Gasteiger partial charge in [0.15, 0.2) is 0 Å². The zero-order valence-corrected chi connectivity index (χ0v) is 11.5. The van der Waals surface area contributed by atoms with Crippen molar-refractivity contribution in [3.8, 4) is 11.1 Å². The van der Waals surface area contributed by atoms with Gasteiger partial charge >= 0.3 is 0 Å². The summed E-state index contributed by atoms with van der Waals surface area (Å²) in [6, 6.07) is 3.79. The number of rotatable bonds is 3. The number of anilines is 1. The number of ether oxygens (including phenoxy) is 1. The molecule has 0 saturated heterocycles. The van der Waals surface area contributed by atoms with Gasteiger partial charge in [-0.1, -0.05) is 27.5 Å². The van der Waals surface area contributed by atoms with Crippen LogP contribution < -0.4 is 5.73 Å². The zero-order valence-electron chi connectivity index (χ0n) is 9.13. The van der Waals surface area contributed by atoms with Gasteiger partial charge in [0.25, 0.3) is 0 Å². The molecule has 2 rings (SSSR count). The minimum Gasteiger partial charge on any atom is -0.384 e. The van der Waals surface area contributed by atoms with Crippen LogP contribution in [0.1, 0.15) is 5.56 Å². The lowest BCUT2D eigenvalue weighted by Gasteiger charge is -2.09. The number of methoxy groups -OCH3 is 1. The lowest BCUT2D eigenvalue weighted by atomic mass is 10.1. The van der Waals surface area contributed by atoms with E-state index >= 15 is 0 Å². The Kier molecular flexibility index (Phi) is 3.71. The molecule has 0 fully saturated rings. The van der Waals surface area contributed by atoms with Gasteiger partial charge in [-0.25, -0.2) is 0 Å². The number of hydrogen-bond donors (Lipinski definition) is 2. The fourth-order valence-electron chi connectivity index (χ4n) is 1.57. The number of nitrogens with one attached hydrogen (secondary N) is 1. The molecule has 1 heterocycles. The third-order valence-electron chi connectivity index (χ3n) is 2.41. The standard InChI is InChI=1S/C11H11BrClN3O/c1-17-5-8-9(12)2-6(3-10(8)13)7-4-15-16-11(7)14/h2-4H,5H2,1H3,(H3,14,15,16). The molecule has 0 amide bonds.